The number of benzene rings is 5. The van der Waals surface area contributed by atoms with Crippen molar-refractivity contribution in [2.45, 2.75) is 254 Å². The molecule has 1 heterocycles. The maximum atomic E-state index is 15.8. The van der Waals surface area contributed by atoms with E-state index in [4.69, 9.17) is 33.4 Å². The van der Waals surface area contributed by atoms with Crippen LogP contribution in [0.15, 0.2) is 127 Å². The molecular weight excluding hydrogens is 1950 g/mol. The predicted molar refractivity (Wildman–Crippen MR) is 552 cm³/mol. The quantitative estimate of drug-likeness (QED) is 0.0230. The standard InChI is InChI=1S/C102H144N20O24S2/c1-57(2)47-75-92(133)110-73(39-43-105)91(132)115-79(49-61-18-11-9-12-19-61)98(139)121-86(58(3)4)100(141)111-72(23-16-41-103)90(131)120-82(99(140)109-70(38-42-104)87(107)128)56-147-45-44-108-71(40-46-148(8)145)89(130)114-77(52-64-28-34-69(35-29-64)146-55-85(126)127)95(136)119-81(54-84(124)125)97(138)118-80(53-65-20-15-17-59(5)48-65)96(137)117-78(51-63-26-32-68(33-27-63)102(143)144)94(135)116-76(50-62-24-30-67(31-25-62)66-21-13-10-14-22-66)93(134)112-74(36-37-83(106)123)101(142)122(7)60(6)88(129)113-75/h10,13-15,17,20-22,24-35,48,57-58,60-61,70-82,86,108H,9,11-12,16,18-19,23,36-47,49-56,103-105H2,1-8H3,(H2,106,123)(H2,107,128)(H,109,140)(H,110,133)(H,111,141)(H,112,134)(H,113,129)(H,114,130)(H,115,132)(H,116,135)(H,117,137)(H,118,138)(H,119,136)(H,120,131)(H,121,139)(H,124,125)(H,126,127)(H,143,144)/t60-,70-,71-,72-,73-,74-,75+,76-,77-,78-,79-,80-,81-,82-,86-,148?/m0/s1. The van der Waals surface area contributed by atoms with Crippen LogP contribution >= 0.6 is 11.8 Å². The molecule has 0 aromatic heterocycles. The average molecular weight is 2100 g/mol. The van der Waals surface area contributed by atoms with Gasteiger partial charge in [0.2, 0.25) is 94.5 Å². The SMILES string of the molecule is Cc1cccc(C[C@@H]2NC(=O)[C@H](CC(=O)O)NC(=O)[C@H](Cc3ccc(OCC(=O)O)cc3)NC(=O)[C@H](CCS(C)=O)NCCSC[C@@H](C(=O)N[C@@H](CCN)C(N)=O)NC(=O)[C@H](CCCN)NC(=O)[C@H](C(C)C)NC(=O)[C@H](CC3CCCCC3)NC(=O)[C@H](CCN)NC(=O)[C@@H](CC(C)C)NC(=O)[C@H](C)N(C)C(=O)[C@H](CCC(N)=O)NC(=O)[C@H](Cc3ccc(-c4ccccc4)cc3)NC(=O)[C@H](Cc3ccc(C(=O)O)cc3)NC2=O)c1. The van der Waals surface area contributed by atoms with E-state index in [-0.39, 0.29) is 129 Å². The fourth-order valence-electron chi connectivity index (χ4n) is 16.8. The van der Waals surface area contributed by atoms with E-state index < -0.39 is 265 Å². The van der Waals surface area contributed by atoms with Crippen LogP contribution in [0.1, 0.15) is 169 Å². The molecular formula is C102H144N20O24S2. The van der Waals surface area contributed by atoms with E-state index in [1.807, 2.05) is 30.3 Å². The lowest BCUT2D eigenvalue weighted by Crippen LogP contribution is -2.62. The molecule has 27 N–H and O–H groups in total. The van der Waals surface area contributed by atoms with Crippen LogP contribution in [0.2, 0.25) is 0 Å². The maximum absolute atomic E-state index is 15.8. The predicted octanol–water partition coefficient (Wildman–Crippen LogP) is -0.948. The average Bonchev–Trinajstić information content (AvgIpc) is 0.821. The zero-order valence-electron chi connectivity index (χ0n) is 84.7. The number of hydrogen-bond acceptors (Lipinski definition) is 26. The Kier molecular flexibility index (Phi) is 50.5. The van der Waals surface area contributed by atoms with Gasteiger partial charge in [0.05, 0.1) is 18.0 Å². The van der Waals surface area contributed by atoms with Crippen molar-refractivity contribution in [2.75, 3.05) is 63.3 Å². The number of hydrogen-bond donors (Lipinski definition) is 22. The number of amides is 16. The first-order chi connectivity index (χ1) is 70.3. The number of nitrogens with zero attached hydrogens (tertiary/aromatic N) is 1. The Balaban J connectivity index is 1.38. The number of aromatic carboxylic acids is 1. The van der Waals surface area contributed by atoms with E-state index in [1.165, 1.54) is 68.8 Å². The number of thioether (sulfide) groups is 1. The number of primary amides is 2. The zero-order chi connectivity index (χ0) is 109. The second-order valence-electron chi connectivity index (χ2n) is 37.9. The molecule has 148 heavy (non-hydrogen) atoms. The van der Waals surface area contributed by atoms with Gasteiger partial charge >= 0.3 is 17.9 Å². The number of nitrogens with two attached hydrogens (primary N) is 5. The van der Waals surface area contributed by atoms with Gasteiger partial charge in [0.25, 0.3) is 0 Å². The number of aryl methyl sites for hydroxylation is 1. The number of ether oxygens (including phenoxy) is 1. The van der Waals surface area contributed by atoms with Crippen LogP contribution in [0, 0.1) is 24.7 Å². The van der Waals surface area contributed by atoms with Gasteiger partial charge in [-0.25, -0.2) is 9.59 Å². The number of carbonyl (C=O) groups is 19. The lowest BCUT2D eigenvalue weighted by Gasteiger charge is -2.32. The van der Waals surface area contributed by atoms with E-state index in [0.717, 1.165) is 47.1 Å². The molecule has 7 rings (SSSR count). The summed E-state index contributed by atoms with van der Waals surface area (Å²) in [6.45, 7) is 8.50. The van der Waals surface area contributed by atoms with E-state index in [1.54, 1.807) is 83.1 Å². The highest BCUT2D eigenvalue weighted by molar-refractivity contribution is 7.99. The highest BCUT2D eigenvalue weighted by Crippen LogP contribution is 2.29. The molecule has 0 bridgehead atoms. The Labute approximate surface area is 866 Å². The number of nitrogens with one attached hydrogen (secondary N) is 14. The van der Waals surface area contributed by atoms with Crippen LogP contribution in [-0.2, 0) is 123 Å². The highest BCUT2D eigenvalue weighted by atomic mass is 32.2. The number of aliphatic carboxylic acids is 2. The molecule has 0 radical (unpaired) electrons. The molecule has 1 aliphatic heterocycles. The van der Waals surface area contributed by atoms with Gasteiger partial charge in [-0.2, -0.15) is 11.8 Å². The highest BCUT2D eigenvalue weighted by Gasteiger charge is 2.42. The van der Waals surface area contributed by atoms with Gasteiger partial charge < -0.3 is 128 Å². The first-order valence-electron chi connectivity index (χ1n) is 49.5. The van der Waals surface area contributed by atoms with Crippen molar-refractivity contribution in [3.63, 3.8) is 0 Å². The lowest BCUT2D eigenvalue weighted by molar-refractivity contribution is -0.143. The largest absolute Gasteiger partial charge is 0.482 e. The number of likely N-dealkylation sites (N-methyl/N-ethyl adjacent to an activating group) is 1. The molecule has 1 saturated carbocycles. The minimum Gasteiger partial charge on any atom is -0.482 e. The molecule has 808 valence electrons. The van der Waals surface area contributed by atoms with Gasteiger partial charge in [-0.3, -0.25) is 85.7 Å². The summed E-state index contributed by atoms with van der Waals surface area (Å²) in [5.41, 5.74) is 32.6. The molecule has 2 fully saturated rings. The fourth-order valence-corrected chi connectivity index (χ4v) is 18.3. The second-order valence-corrected chi connectivity index (χ2v) is 40.6. The van der Waals surface area contributed by atoms with Crippen LogP contribution in [0.3, 0.4) is 0 Å². The first kappa shape index (κ1) is 121. The van der Waals surface area contributed by atoms with Crippen molar-refractivity contribution in [1.29, 1.82) is 0 Å². The molecule has 16 amide bonds. The van der Waals surface area contributed by atoms with E-state index in [9.17, 15) is 72.3 Å². The van der Waals surface area contributed by atoms with Crippen molar-refractivity contribution in [3.8, 4) is 16.9 Å². The van der Waals surface area contributed by atoms with Gasteiger partial charge in [0, 0.05) is 80.0 Å². The summed E-state index contributed by atoms with van der Waals surface area (Å²) in [4.78, 5) is 275. The zero-order valence-corrected chi connectivity index (χ0v) is 86.3. The minimum absolute atomic E-state index is 0.00516. The number of rotatable bonds is 36. The van der Waals surface area contributed by atoms with Gasteiger partial charge in [-0.1, -0.05) is 168 Å². The molecule has 2 aliphatic rings. The third-order valence-corrected chi connectivity index (χ3v) is 27.0. The second kappa shape index (κ2) is 61.7. The number of carbonyl (C=O) groups excluding carboxylic acids is 16. The Hall–Kier alpha value is -13.8. The fraction of sp³-hybridized carbons (Fsp3) is 0.520. The van der Waals surface area contributed by atoms with Crippen LogP contribution in [0.4, 0.5) is 0 Å². The van der Waals surface area contributed by atoms with Gasteiger partial charge in [0.1, 0.15) is 90.3 Å². The van der Waals surface area contributed by atoms with E-state index in [0.29, 0.717) is 29.5 Å². The van der Waals surface area contributed by atoms with Crippen molar-refractivity contribution in [2.24, 2.45) is 46.4 Å². The summed E-state index contributed by atoms with van der Waals surface area (Å²) in [6, 6.07) is 9.08. The third kappa shape index (κ3) is 41.1. The van der Waals surface area contributed by atoms with Crippen molar-refractivity contribution < 1.29 is 115 Å². The van der Waals surface area contributed by atoms with Crippen LogP contribution in [0.5, 0.6) is 5.75 Å². The summed E-state index contributed by atoms with van der Waals surface area (Å²) >= 11 is 1.03. The van der Waals surface area contributed by atoms with Crippen molar-refractivity contribution >= 4 is 135 Å². The molecule has 5 aromatic rings. The molecule has 1 saturated heterocycles. The molecule has 5 aromatic carbocycles. The van der Waals surface area contributed by atoms with Crippen LogP contribution in [0.25, 0.3) is 11.1 Å². The monoisotopic (exact) mass is 2100 g/mol. The topological polar surface area (TPSA) is 713 Å². The van der Waals surface area contributed by atoms with E-state index in [2.05, 4.69) is 74.4 Å². The van der Waals surface area contributed by atoms with Crippen LogP contribution in [-0.4, -0.2) is 291 Å². The molecule has 44 nitrogen and oxygen atoms in total. The van der Waals surface area contributed by atoms with Crippen molar-refractivity contribution in [3.05, 3.63) is 161 Å². The molecule has 16 atom stereocenters. The Morgan fingerprint density at radius 1 is 0.500 bits per heavy atom. The summed E-state index contributed by atoms with van der Waals surface area (Å²) in [6.07, 6.45) is 0.493. The minimum atomic E-state index is -2.14. The van der Waals surface area contributed by atoms with Crippen LogP contribution < -0.4 is 108 Å². The molecule has 1 aliphatic carbocycles. The molecule has 46 heteroatoms. The van der Waals surface area contributed by atoms with Gasteiger partial charge in [-0.15, -0.1) is 0 Å². The third-order valence-electron chi connectivity index (χ3n) is 25.1. The van der Waals surface area contributed by atoms with Crippen molar-refractivity contribution in [1.82, 2.24) is 79.3 Å². The Bertz CT molecular complexity index is 5390. The summed E-state index contributed by atoms with van der Waals surface area (Å²) in [7, 11) is -0.384. The number of carboxylic acid groups (broad SMARTS) is 3. The molecule has 0 spiro atoms. The smallest absolute Gasteiger partial charge is 0.341 e. The summed E-state index contributed by atoms with van der Waals surface area (Å²) in [5, 5.41) is 67.7. The van der Waals surface area contributed by atoms with Gasteiger partial charge in [-0.05, 0) is 160 Å². The Morgan fingerprint density at radius 2 is 0.986 bits per heavy atom. The molecule has 1 unspecified atom stereocenters. The normalized spacial score (nSPS) is 23.2. The first-order valence-corrected chi connectivity index (χ1v) is 52.4. The lowest BCUT2D eigenvalue weighted by atomic mass is 9.84. The summed E-state index contributed by atoms with van der Waals surface area (Å²) < 4.78 is 18.3. The summed E-state index contributed by atoms with van der Waals surface area (Å²) in [5.74, 6) is -22.0. The van der Waals surface area contributed by atoms with E-state index >= 15 is 38.4 Å². The Morgan fingerprint density at radius 3 is 1.51 bits per heavy atom. The maximum Gasteiger partial charge on any atom is 0.341 e. The number of carboxylic acids is 3. The van der Waals surface area contributed by atoms with Gasteiger partial charge in [0.15, 0.2) is 6.61 Å².